The van der Waals surface area contributed by atoms with E-state index in [1.165, 1.54) is 0 Å². The molecule has 26 heavy (non-hydrogen) atoms. The number of benzene rings is 1. The first-order valence-electron chi connectivity index (χ1n) is 9.08. The lowest BCUT2D eigenvalue weighted by atomic mass is 9.93. The second kappa shape index (κ2) is 7.76. The molecule has 0 aliphatic carbocycles. The molecule has 2 heterocycles. The fraction of sp³-hybridized carbons (Fsp3) is 0.526. The van der Waals surface area contributed by atoms with Gasteiger partial charge in [0.25, 0.3) is 5.91 Å². The third-order valence-corrected chi connectivity index (χ3v) is 4.86. The van der Waals surface area contributed by atoms with Crippen LogP contribution >= 0.6 is 0 Å². The Bertz CT molecular complexity index is 736. The molecule has 1 fully saturated rings. The Morgan fingerprint density at radius 3 is 2.62 bits per heavy atom. The van der Waals surface area contributed by atoms with Crippen LogP contribution in [-0.4, -0.2) is 41.8 Å². The highest BCUT2D eigenvalue weighted by Gasteiger charge is 2.31. The van der Waals surface area contributed by atoms with Crippen LogP contribution in [0.1, 0.15) is 55.1 Å². The number of carbonyl (C=O) groups is 3. The van der Waals surface area contributed by atoms with Crippen LogP contribution < -0.4 is 5.32 Å². The molecule has 2 aliphatic rings. The Hall–Kier alpha value is -2.57. The predicted molar refractivity (Wildman–Crippen MR) is 95.6 cm³/mol. The van der Waals surface area contributed by atoms with Crippen LogP contribution in [0.2, 0.25) is 0 Å². The van der Waals surface area contributed by atoms with Crippen molar-refractivity contribution in [2.45, 2.75) is 45.2 Å². The fourth-order valence-electron chi connectivity index (χ4n) is 3.46. The number of carbonyl (C=O) groups excluding carboxylic acids is 3. The van der Waals surface area contributed by atoms with E-state index in [0.717, 1.165) is 5.56 Å². The van der Waals surface area contributed by atoms with Crippen LogP contribution in [0, 0.1) is 5.92 Å². The molecule has 1 N–H and O–H groups in total. The number of rotatable bonds is 4. The minimum absolute atomic E-state index is 0.0131. The molecule has 0 spiro atoms. The third kappa shape index (κ3) is 3.98. The largest absolute Gasteiger partial charge is 0.354 e. The highest BCUT2D eigenvalue weighted by atomic mass is 16.2. The Kier molecular flexibility index (Phi) is 5.44. The smallest absolute Gasteiger partial charge is 0.295 e. The van der Waals surface area contributed by atoms with Crippen molar-refractivity contribution < 1.29 is 14.4 Å². The van der Waals surface area contributed by atoms with Gasteiger partial charge in [0.2, 0.25) is 11.8 Å². The van der Waals surface area contributed by atoms with Crippen molar-refractivity contribution in [3.63, 3.8) is 0 Å². The summed E-state index contributed by atoms with van der Waals surface area (Å²) in [5.41, 5.74) is 1.27. The number of piperidine rings is 1. The molecule has 1 aromatic rings. The van der Waals surface area contributed by atoms with Crippen molar-refractivity contribution in [2.24, 2.45) is 16.1 Å². The van der Waals surface area contributed by atoms with Crippen LogP contribution in [-0.2, 0) is 9.59 Å². The number of likely N-dealkylation sites (tertiary alicyclic amines) is 1. The number of fused-ring (bicyclic) bond motifs is 1. The molecule has 1 atom stereocenters. The summed E-state index contributed by atoms with van der Waals surface area (Å²) in [5, 5.41) is 10.6. The van der Waals surface area contributed by atoms with E-state index in [4.69, 9.17) is 0 Å². The van der Waals surface area contributed by atoms with E-state index < -0.39 is 6.04 Å². The van der Waals surface area contributed by atoms with Crippen molar-refractivity contribution in [3.05, 3.63) is 35.4 Å². The minimum Gasteiger partial charge on any atom is -0.354 e. The average Bonchev–Trinajstić information content (AvgIpc) is 2.64. The molecule has 3 rings (SSSR count). The molecule has 1 aromatic carbocycles. The molecule has 0 bridgehead atoms. The van der Waals surface area contributed by atoms with Gasteiger partial charge in [-0.2, -0.15) is 5.11 Å². The van der Waals surface area contributed by atoms with Gasteiger partial charge in [-0.25, -0.2) is 0 Å². The Balaban J connectivity index is 1.58. The number of nitrogens with zero attached hydrogens (tertiary/aromatic N) is 3. The molecule has 0 saturated carbocycles. The molecule has 2 aliphatic heterocycles. The van der Waals surface area contributed by atoms with E-state index in [-0.39, 0.29) is 36.1 Å². The molecule has 1 saturated heterocycles. The van der Waals surface area contributed by atoms with E-state index in [2.05, 4.69) is 15.5 Å². The molecule has 0 aromatic heterocycles. The standard InChI is InChI=1S/C19H24N4O3/c1-12(2)20-18(25)13-7-9-23(10-8-13)17(24)11-16-14-5-3-4-6-15(14)19(26)22-21-16/h3-6,12-13,16H,7-11H2,1-2H3,(H,20,25). The summed E-state index contributed by atoms with van der Waals surface area (Å²) in [5.74, 6) is -0.336. The van der Waals surface area contributed by atoms with Gasteiger partial charge in [-0.15, -0.1) is 5.11 Å². The van der Waals surface area contributed by atoms with Crippen molar-refractivity contribution in [2.75, 3.05) is 13.1 Å². The van der Waals surface area contributed by atoms with Crippen molar-refractivity contribution in [3.8, 4) is 0 Å². The summed E-state index contributed by atoms with van der Waals surface area (Å²) in [7, 11) is 0. The quantitative estimate of drug-likeness (QED) is 0.898. The van der Waals surface area contributed by atoms with Gasteiger partial charge in [-0.05, 0) is 38.3 Å². The molecular weight excluding hydrogens is 332 g/mol. The van der Waals surface area contributed by atoms with Crippen molar-refractivity contribution in [1.82, 2.24) is 10.2 Å². The SMILES string of the molecule is CC(C)NC(=O)C1CCN(C(=O)CC2N=NC(=O)c3ccccc32)CC1. The third-order valence-electron chi connectivity index (χ3n) is 4.86. The maximum atomic E-state index is 12.7. The lowest BCUT2D eigenvalue weighted by Crippen LogP contribution is -2.44. The van der Waals surface area contributed by atoms with Crippen LogP contribution in [0.15, 0.2) is 34.5 Å². The van der Waals surface area contributed by atoms with Gasteiger partial charge in [-0.1, -0.05) is 18.2 Å². The Morgan fingerprint density at radius 1 is 1.23 bits per heavy atom. The lowest BCUT2D eigenvalue weighted by Gasteiger charge is -2.32. The minimum atomic E-state index is -0.418. The first-order chi connectivity index (χ1) is 12.5. The monoisotopic (exact) mass is 356 g/mol. The van der Waals surface area contributed by atoms with Gasteiger partial charge >= 0.3 is 0 Å². The molecule has 7 nitrogen and oxygen atoms in total. The second-order valence-electron chi connectivity index (χ2n) is 7.15. The summed E-state index contributed by atoms with van der Waals surface area (Å²) in [4.78, 5) is 38.3. The number of hydrogen-bond donors (Lipinski definition) is 1. The summed E-state index contributed by atoms with van der Waals surface area (Å²) in [6.07, 6.45) is 1.54. The maximum Gasteiger partial charge on any atom is 0.295 e. The summed E-state index contributed by atoms with van der Waals surface area (Å²) >= 11 is 0. The topological polar surface area (TPSA) is 91.2 Å². The van der Waals surface area contributed by atoms with Gasteiger partial charge in [0.1, 0.15) is 6.04 Å². The lowest BCUT2D eigenvalue weighted by molar-refractivity contribution is -0.136. The zero-order valence-corrected chi connectivity index (χ0v) is 15.1. The van der Waals surface area contributed by atoms with Crippen molar-refractivity contribution in [1.29, 1.82) is 0 Å². The number of hydrogen-bond acceptors (Lipinski definition) is 4. The molecule has 1 unspecified atom stereocenters. The van der Waals surface area contributed by atoms with Gasteiger partial charge < -0.3 is 10.2 Å². The summed E-state index contributed by atoms with van der Waals surface area (Å²) in [6, 6.07) is 6.87. The zero-order valence-electron chi connectivity index (χ0n) is 15.1. The Morgan fingerprint density at radius 2 is 1.92 bits per heavy atom. The Labute approximate surface area is 152 Å². The van der Waals surface area contributed by atoms with Crippen molar-refractivity contribution >= 4 is 17.7 Å². The maximum absolute atomic E-state index is 12.7. The first-order valence-corrected chi connectivity index (χ1v) is 9.08. The normalized spacial score (nSPS) is 20.2. The van der Waals surface area contributed by atoms with E-state index in [9.17, 15) is 14.4 Å². The highest BCUT2D eigenvalue weighted by molar-refractivity contribution is 5.97. The molecular formula is C19H24N4O3. The fourth-order valence-corrected chi connectivity index (χ4v) is 3.46. The summed E-state index contributed by atoms with van der Waals surface area (Å²) in [6.45, 7) is 5.02. The molecule has 7 heteroatoms. The highest BCUT2D eigenvalue weighted by Crippen LogP contribution is 2.31. The number of amides is 3. The number of nitrogens with one attached hydrogen (secondary N) is 1. The predicted octanol–water partition coefficient (Wildman–Crippen LogP) is 2.49. The molecule has 138 valence electrons. The first kappa shape index (κ1) is 18.2. The average molecular weight is 356 g/mol. The summed E-state index contributed by atoms with van der Waals surface area (Å²) < 4.78 is 0. The van der Waals surface area contributed by atoms with E-state index in [1.807, 2.05) is 26.0 Å². The van der Waals surface area contributed by atoms with Crippen LogP contribution in [0.3, 0.4) is 0 Å². The van der Waals surface area contributed by atoms with Gasteiger partial charge in [0.15, 0.2) is 0 Å². The van der Waals surface area contributed by atoms with Crippen LogP contribution in [0.25, 0.3) is 0 Å². The van der Waals surface area contributed by atoms with Gasteiger partial charge in [0, 0.05) is 30.6 Å². The molecule has 3 amide bonds. The molecule has 0 radical (unpaired) electrons. The van der Waals surface area contributed by atoms with Gasteiger partial charge in [0.05, 0.1) is 6.42 Å². The van der Waals surface area contributed by atoms with E-state index in [0.29, 0.717) is 31.5 Å². The van der Waals surface area contributed by atoms with E-state index in [1.54, 1.807) is 17.0 Å². The zero-order chi connectivity index (χ0) is 18.7. The van der Waals surface area contributed by atoms with E-state index >= 15 is 0 Å². The van der Waals surface area contributed by atoms with Crippen LogP contribution in [0.5, 0.6) is 0 Å². The number of azo groups is 1. The second-order valence-corrected chi connectivity index (χ2v) is 7.15. The van der Waals surface area contributed by atoms with Crippen LogP contribution in [0.4, 0.5) is 0 Å². The van der Waals surface area contributed by atoms with Gasteiger partial charge in [-0.3, -0.25) is 14.4 Å².